The molecule has 100 valence electrons. The van der Waals surface area contributed by atoms with E-state index in [0.29, 0.717) is 0 Å². The van der Waals surface area contributed by atoms with Crippen LogP contribution in [0.3, 0.4) is 0 Å². The largest absolute Gasteiger partial charge is 0.369 e. The number of benzene rings is 1. The zero-order valence-corrected chi connectivity index (χ0v) is 11.6. The molecule has 0 saturated carbocycles. The Bertz CT molecular complexity index is 553. The number of nitrogens with zero attached hydrogens (tertiary/aromatic N) is 3. The smallest absolute Gasteiger partial charge is 0.227 e. The zero-order chi connectivity index (χ0) is 13.7. The van der Waals surface area contributed by atoms with Crippen LogP contribution in [-0.2, 0) is 17.8 Å². The summed E-state index contributed by atoms with van der Waals surface area (Å²) in [5, 5.41) is 9.07. The molecule has 0 fully saturated rings. The van der Waals surface area contributed by atoms with Gasteiger partial charge in [-0.2, -0.15) is 0 Å². The van der Waals surface area contributed by atoms with Crippen LogP contribution in [-0.4, -0.2) is 26.4 Å². The van der Waals surface area contributed by atoms with E-state index in [-0.39, 0.29) is 11.7 Å². The molecule has 2 N–H and O–H groups in total. The monoisotopic (exact) mass is 276 g/mol. The Balaban J connectivity index is 2.15. The van der Waals surface area contributed by atoms with Gasteiger partial charge in [0, 0.05) is 13.0 Å². The summed E-state index contributed by atoms with van der Waals surface area (Å²) in [5.41, 5.74) is 6.34. The minimum absolute atomic E-state index is 0.226. The Kier molecular flexibility index (Phi) is 4.57. The third-order valence-electron chi connectivity index (χ3n) is 2.66. The first kappa shape index (κ1) is 13.6. The minimum Gasteiger partial charge on any atom is -0.369 e. The number of carbonyl (C=O) groups excluding carboxylic acids is 1. The van der Waals surface area contributed by atoms with Crippen LogP contribution in [0.25, 0.3) is 0 Å². The summed E-state index contributed by atoms with van der Waals surface area (Å²) in [5.74, 6) is 0.782. The molecule has 0 radical (unpaired) electrons. The van der Waals surface area contributed by atoms with E-state index in [1.165, 1.54) is 17.3 Å². The van der Waals surface area contributed by atoms with E-state index in [4.69, 9.17) is 5.73 Å². The van der Waals surface area contributed by atoms with Gasteiger partial charge in [0.2, 0.25) is 5.91 Å². The second-order valence-corrected chi connectivity index (χ2v) is 5.00. The Morgan fingerprint density at radius 1 is 1.32 bits per heavy atom. The molecule has 0 aliphatic carbocycles. The highest BCUT2D eigenvalue weighted by atomic mass is 32.2. The third-order valence-corrected chi connectivity index (χ3v) is 3.65. The van der Waals surface area contributed by atoms with Crippen LogP contribution in [0.5, 0.6) is 0 Å². The fourth-order valence-electron chi connectivity index (χ4n) is 1.79. The number of nitrogens with two attached hydrogens (primary N) is 1. The molecule has 1 heterocycles. The molecule has 0 bridgehead atoms. The highest BCUT2D eigenvalue weighted by molar-refractivity contribution is 7.99. The number of rotatable bonds is 6. The lowest BCUT2D eigenvalue weighted by molar-refractivity contribution is -0.115. The van der Waals surface area contributed by atoms with E-state index in [1.54, 1.807) is 0 Å². The Morgan fingerprint density at radius 3 is 2.68 bits per heavy atom. The molecule has 0 unspecified atom stereocenters. The second-order valence-electron chi connectivity index (χ2n) is 4.06. The summed E-state index contributed by atoms with van der Waals surface area (Å²) in [6.45, 7) is 2.81. The van der Waals surface area contributed by atoms with Crippen molar-refractivity contribution in [3.05, 3.63) is 41.7 Å². The molecular formula is C13H16N4OS. The van der Waals surface area contributed by atoms with Crippen molar-refractivity contribution >= 4 is 17.7 Å². The maximum atomic E-state index is 10.8. The molecule has 0 atom stereocenters. The molecule has 19 heavy (non-hydrogen) atoms. The van der Waals surface area contributed by atoms with Crippen molar-refractivity contribution < 1.29 is 4.79 Å². The van der Waals surface area contributed by atoms with Crippen LogP contribution in [0.15, 0.2) is 35.5 Å². The molecule has 5 nitrogen and oxygen atoms in total. The standard InChI is InChI=1S/C13H16N4OS/c1-2-17-12(8-10-6-4-3-5-7-10)15-16-13(17)19-9-11(14)18/h3-7H,2,8-9H2,1H3,(H2,14,18). The Morgan fingerprint density at radius 2 is 2.05 bits per heavy atom. The molecule has 1 amide bonds. The van der Waals surface area contributed by atoms with Crippen molar-refractivity contribution in [2.24, 2.45) is 5.73 Å². The van der Waals surface area contributed by atoms with Gasteiger partial charge in [-0.3, -0.25) is 4.79 Å². The van der Waals surface area contributed by atoms with Gasteiger partial charge in [0.15, 0.2) is 5.16 Å². The summed E-state index contributed by atoms with van der Waals surface area (Å²) < 4.78 is 2.01. The molecule has 6 heteroatoms. The van der Waals surface area contributed by atoms with Crippen molar-refractivity contribution in [1.29, 1.82) is 0 Å². The molecule has 0 aliphatic rings. The Hall–Kier alpha value is -1.82. The van der Waals surface area contributed by atoms with Crippen molar-refractivity contribution in [2.75, 3.05) is 5.75 Å². The predicted octanol–water partition coefficient (Wildman–Crippen LogP) is 1.47. The van der Waals surface area contributed by atoms with Crippen molar-refractivity contribution in [3.8, 4) is 0 Å². The van der Waals surface area contributed by atoms with Gasteiger partial charge in [-0.25, -0.2) is 0 Å². The van der Waals surface area contributed by atoms with Crippen molar-refractivity contribution in [1.82, 2.24) is 14.8 Å². The third kappa shape index (κ3) is 3.57. The van der Waals surface area contributed by atoms with Crippen molar-refractivity contribution in [2.45, 2.75) is 25.0 Å². The van der Waals surface area contributed by atoms with Gasteiger partial charge in [-0.1, -0.05) is 42.1 Å². The van der Waals surface area contributed by atoms with E-state index in [1.807, 2.05) is 29.7 Å². The van der Waals surface area contributed by atoms with Crippen LogP contribution in [0.2, 0.25) is 0 Å². The maximum absolute atomic E-state index is 10.8. The van der Waals surface area contributed by atoms with Gasteiger partial charge in [-0.15, -0.1) is 10.2 Å². The van der Waals surface area contributed by atoms with Gasteiger partial charge in [0.25, 0.3) is 0 Å². The fraction of sp³-hybridized carbons (Fsp3) is 0.308. The van der Waals surface area contributed by atoms with E-state index in [2.05, 4.69) is 22.3 Å². The molecule has 1 aromatic heterocycles. The van der Waals surface area contributed by atoms with Gasteiger partial charge < -0.3 is 10.3 Å². The summed E-state index contributed by atoms with van der Waals surface area (Å²) in [6.07, 6.45) is 0.735. The lowest BCUT2D eigenvalue weighted by Gasteiger charge is -2.06. The average molecular weight is 276 g/mol. The molecule has 0 saturated heterocycles. The highest BCUT2D eigenvalue weighted by Gasteiger charge is 2.12. The van der Waals surface area contributed by atoms with Crippen molar-refractivity contribution in [3.63, 3.8) is 0 Å². The van der Waals surface area contributed by atoms with E-state index >= 15 is 0 Å². The zero-order valence-electron chi connectivity index (χ0n) is 10.7. The van der Waals surface area contributed by atoms with Crippen LogP contribution in [0.4, 0.5) is 0 Å². The van der Waals surface area contributed by atoms with Gasteiger partial charge in [-0.05, 0) is 12.5 Å². The average Bonchev–Trinajstić information content (AvgIpc) is 2.79. The topological polar surface area (TPSA) is 73.8 Å². The molecule has 2 rings (SSSR count). The molecule has 0 spiro atoms. The van der Waals surface area contributed by atoms with Gasteiger partial charge in [0.1, 0.15) is 5.82 Å². The SMILES string of the molecule is CCn1c(Cc2ccccc2)nnc1SCC(N)=O. The number of primary amides is 1. The second kappa shape index (κ2) is 6.38. The normalized spacial score (nSPS) is 10.6. The number of aromatic nitrogens is 3. The van der Waals surface area contributed by atoms with E-state index < -0.39 is 0 Å². The summed E-state index contributed by atoms with van der Waals surface area (Å²) in [4.78, 5) is 10.8. The highest BCUT2D eigenvalue weighted by Crippen LogP contribution is 2.18. The molecular weight excluding hydrogens is 260 g/mol. The van der Waals surface area contributed by atoms with E-state index in [0.717, 1.165) is 23.9 Å². The Labute approximate surface area is 116 Å². The van der Waals surface area contributed by atoms with Crippen LogP contribution in [0, 0.1) is 0 Å². The molecule has 1 aromatic carbocycles. The number of hydrogen-bond acceptors (Lipinski definition) is 4. The summed E-state index contributed by atoms with van der Waals surface area (Å²) in [6, 6.07) is 10.1. The van der Waals surface area contributed by atoms with Gasteiger partial charge in [0.05, 0.1) is 5.75 Å². The van der Waals surface area contributed by atoms with Crippen LogP contribution in [0.1, 0.15) is 18.3 Å². The number of hydrogen-bond donors (Lipinski definition) is 1. The summed E-state index contributed by atoms with van der Waals surface area (Å²) >= 11 is 1.33. The first-order chi connectivity index (χ1) is 9.20. The predicted molar refractivity (Wildman–Crippen MR) is 74.9 cm³/mol. The number of thioether (sulfide) groups is 1. The quantitative estimate of drug-likeness (QED) is 0.811. The lowest BCUT2D eigenvalue weighted by atomic mass is 10.1. The number of amides is 1. The van der Waals surface area contributed by atoms with E-state index in [9.17, 15) is 4.79 Å². The van der Waals surface area contributed by atoms with Crippen LogP contribution >= 0.6 is 11.8 Å². The fourth-order valence-corrected chi connectivity index (χ4v) is 2.55. The van der Waals surface area contributed by atoms with Gasteiger partial charge >= 0.3 is 0 Å². The summed E-state index contributed by atoms with van der Waals surface area (Å²) in [7, 11) is 0. The maximum Gasteiger partial charge on any atom is 0.227 e. The molecule has 0 aliphatic heterocycles. The lowest BCUT2D eigenvalue weighted by Crippen LogP contribution is -2.14. The first-order valence-electron chi connectivity index (χ1n) is 6.07. The molecule has 2 aromatic rings. The minimum atomic E-state index is -0.347. The van der Waals surface area contributed by atoms with Crippen LogP contribution < -0.4 is 5.73 Å². The first-order valence-corrected chi connectivity index (χ1v) is 7.06. The number of carbonyl (C=O) groups is 1.